The summed E-state index contributed by atoms with van der Waals surface area (Å²) in [5, 5.41) is 0.345. The summed E-state index contributed by atoms with van der Waals surface area (Å²) in [4.78, 5) is 45.3. The van der Waals surface area contributed by atoms with Crippen molar-refractivity contribution in [1.29, 1.82) is 0 Å². The van der Waals surface area contributed by atoms with E-state index >= 15 is 0 Å². The van der Waals surface area contributed by atoms with Crippen molar-refractivity contribution in [2.45, 2.75) is 26.3 Å². The number of amides is 1. The van der Waals surface area contributed by atoms with Crippen molar-refractivity contribution in [2.24, 2.45) is 0 Å². The van der Waals surface area contributed by atoms with Gasteiger partial charge in [-0.25, -0.2) is 9.78 Å². The van der Waals surface area contributed by atoms with Crippen LogP contribution >= 0.6 is 11.3 Å². The standard InChI is InChI=1S/C22H23N3O5S/c1-14-18-20(31-19(14)22(28)30-11-10-29-2)23-13-24(21(18)27)12-17(26)25-9-5-7-15-6-3-4-8-16(15)25/h3-4,6,8,13H,5,7,9-12H2,1-2H3. The Morgan fingerprint density at radius 2 is 2.03 bits per heavy atom. The van der Waals surface area contributed by atoms with E-state index in [2.05, 4.69) is 4.98 Å². The van der Waals surface area contributed by atoms with Crippen LogP contribution in [0.15, 0.2) is 35.4 Å². The molecular weight excluding hydrogens is 418 g/mol. The average molecular weight is 442 g/mol. The molecule has 1 aliphatic heterocycles. The SMILES string of the molecule is COCCOC(=O)c1sc2ncn(CC(=O)N3CCCc4ccccc43)c(=O)c2c1C. The molecule has 0 saturated carbocycles. The number of hydrogen-bond acceptors (Lipinski definition) is 7. The van der Waals surface area contributed by atoms with E-state index in [0.29, 0.717) is 33.8 Å². The summed E-state index contributed by atoms with van der Waals surface area (Å²) in [6.07, 6.45) is 3.19. The normalized spacial score (nSPS) is 13.3. The second-order valence-electron chi connectivity index (χ2n) is 7.32. The highest BCUT2D eigenvalue weighted by molar-refractivity contribution is 7.20. The minimum Gasteiger partial charge on any atom is -0.459 e. The molecule has 0 fully saturated rings. The maximum absolute atomic E-state index is 13.1. The molecule has 8 nitrogen and oxygen atoms in total. The zero-order valence-electron chi connectivity index (χ0n) is 17.4. The van der Waals surface area contributed by atoms with E-state index in [1.807, 2.05) is 24.3 Å². The molecule has 3 heterocycles. The van der Waals surface area contributed by atoms with Crippen LogP contribution in [0.1, 0.15) is 27.2 Å². The molecular formula is C22H23N3O5S. The molecule has 1 aliphatic rings. The topological polar surface area (TPSA) is 90.7 Å². The van der Waals surface area contributed by atoms with Gasteiger partial charge in [0, 0.05) is 19.3 Å². The monoisotopic (exact) mass is 441 g/mol. The van der Waals surface area contributed by atoms with Gasteiger partial charge >= 0.3 is 5.97 Å². The predicted molar refractivity (Wildman–Crippen MR) is 118 cm³/mol. The average Bonchev–Trinajstić information content (AvgIpc) is 3.12. The van der Waals surface area contributed by atoms with Crippen LogP contribution < -0.4 is 10.5 Å². The number of carbonyl (C=O) groups excluding carboxylic acids is 2. The summed E-state index contributed by atoms with van der Waals surface area (Å²) >= 11 is 1.12. The van der Waals surface area contributed by atoms with Crippen LogP contribution in [0.4, 0.5) is 5.69 Å². The molecule has 3 aromatic rings. The third-order valence-corrected chi connectivity index (χ3v) is 6.52. The predicted octanol–water partition coefficient (Wildman–Crippen LogP) is 2.55. The lowest BCUT2D eigenvalue weighted by Crippen LogP contribution is -2.39. The first-order chi connectivity index (χ1) is 15.0. The van der Waals surface area contributed by atoms with Gasteiger partial charge in [0.05, 0.1) is 18.3 Å². The molecule has 2 aromatic heterocycles. The van der Waals surface area contributed by atoms with Gasteiger partial charge in [-0.2, -0.15) is 0 Å². The Kier molecular flexibility index (Phi) is 6.15. The van der Waals surface area contributed by atoms with Crippen LogP contribution in [-0.4, -0.2) is 48.3 Å². The number of thiophene rings is 1. The first-order valence-electron chi connectivity index (χ1n) is 10.0. The number of aromatic nitrogens is 2. The minimum absolute atomic E-state index is 0.112. The Morgan fingerprint density at radius 3 is 2.84 bits per heavy atom. The van der Waals surface area contributed by atoms with Crippen LogP contribution in [0.3, 0.4) is 0 Å². The van der Waals surface area contributed by atoms with E-state index in [1.54, 1.807) is 11.8 Å². The summed E-state index contributed by atoms with van der Waals surface area (Å²) in [5.74, 6) is -0.674. The van der Waals surface area contributed by atoms with E-state index in [0.717, 1.165) is 35.4 Å². The number of nitrogens with zero attached hydrogens (tertiary/aromatic N) is 3. The summed E-state index contributed by atoms with van der Waals surface area (Å²) in [5.41, 5.74) is 2.21. The van der Waals surface area contributed by atoms with Gasteiger partial charge in [-0.1, -0.05) is 18.2 Å². The summed E-state index contributed by atoms with van der Waals surface area (Å²) in [6, 6.07) is 7.83. The number of methoxy groups -OCH3 is 1. The van der Waals surface area contributed by atoms with E-state index in [-0.39, 0.29) is 24.6 Å². The van der Waals surface area contributed by atoms with Crippen molar-refractivity contribution >= 4 is 39.1 Å². The Balaban J connectivity index is 1.60. The Morgan fingerprint density at radius 1 is 1.23 bits per heavy atom. The number of ether oxygens (including phenoxy) is 2. The van der Waals surface area contributed by atoms with Crippen molar-refractivity contribution < 1.29 is 19.1 Å². The molecule has 0 unspecified atom stereocenters. The molecule has 0 atom stereocenters. The van der Waals surface area contributed by atoms with Gasteiger partial charge in [-0.05, 0) is 37.0 Å². The lowest BCUT2D eigenvalue weighted by molar-refractivity contribution is -0.119. The number of hydrogen-bond donors (Lipinski definition) is 0. The Hall–Kier alpha value is -3.04. The van der Waals surface area contributed by atoms with Gasteiger partial charge in [0.2, 0.25) is 5.91 Å². The Bertz CT molecular complexity index is 1200. The maximum Gasteiger partial charge on any atom is 0.348 e. The van der Waals surface area contributed by atoms with Crippen molar-refractivity contribution in [3.05, 3.63) is 57.0 Å². The van der Waals surface area contributed by atoms with Crippen molar-refractivity contribution in [3.8, 4) is 0 Å². The van der Waals surface area contributed by atoms with E-state index < -0.39 is 5.97 Å². The fraction of sp³-hybridized carbons (Fsp3) is 0.364. The highest BCUT2D eigenvalue weighted by Crippen LogP contribution is 2.28. The third-order valence-electron chi connectivity index (χ3n) is 5.34. The van der Waals surface area contributed by atoms with Crippen molar-refractivity contribution in [3.63, 3.8) is 0 Å². The molecule has 31 heavy (non-hydrogen) atoms. The van der Waals surface area contributed by atoms with Gasteiger partial charge in [-0.3, -0.25) is 14.2 Å². The highest BCUT2D eigenvalue weighted by Gasteiger charge is 2.24. The fourth-order valence-corrected chi connectivity index (χ4v) is 4.81. The number of aryl methyl sites for hydroxylation is 2. The molecule has 9 heteroatoms. The van der Waals surface area contributed by atoms with Crippen LogP contribution in [0, 0.1) is 6.92 Å². The van der Waals surface area contributed by atoms with Crippen LogP contribution in [-0.2, 0) is 27.2 Å². The van der Waals surface area contributed by atoms with Crippen LogP contribution in [0.25, 0.3) is 10.2 Å². The van der Waals surface area contributed by atoms with Gasteiger partial charge in [-0.15, -0.1) is 11.3 Å². The van der Waals surface area contributed by atoms with E-state index in [9.17, 15) is 14.4 Å². The minimum atomic E-state index is -0.510. The number of rotatable bonds is 6. The maximum atomic E-state index is 13.1. The number of para-hydroxylation sites is 1. The number of fused-ring (bicyclic) bond motifs is 2. The number of esters is 1. The zero-order chi connectivity index (χ0) is 22.0. The van der Waals surface area contributed by atoms with E-state index in [1.165, 1.54) is 18.0 Å². The molecule has 0 spiro atoms. The molecule has 0 N–H and O–H groups in total. The second-order valence-corrected chi connectivity index (χ2v) is 8.32. The number of carbonyl (C=O) groups is 2. The van der Waals surface area contributed by atoms with Gasteiger partial charge < -0.3 is 14.4 Å². The first-order valence-corrected chi connectivity index (χ1v) is 10.9. The third kappa shape index (κ3) is 4.11. The van der Waals surface area contributed by atoms with E-state index in [4.69, 9.17) is 9.47 Å². The zero-order valence-corrected chi connectivity index (χ0v) is 18.2. The molecule has 0 saturated heterocycles. The molecule has 0 bridgehead atoms. The summed E-state index contributed by atoms with van der Waals surface area (Å²) < 4.78 is 11.4. The van der Waals surface area contributed by atoms with Crippen LogP contribution in [0.5, 0.6) is 0 Å². The van der Waals surface area contributed by atoms with Crippen LogP contribution in [0.2, 0.25) is 0 Å². The molecule has 0 aliphatic carbocycles. The number of anilines is 1. The van der Waals surface area contributed by atoms with Gasteiger partial charge in [0.25, 0.3) is 5.56 Å². The van der Waals surface area contributed by atoms with Crippen molar-refractivity contribution in [2.75, 3.05) is 31.8 Å². The number of benzene rings is 1. The molecule has 4 rings (SSSR count). The lowest BCUT2D eigenvalue weighted by Gasteiger charge is -2.29. The fourth-order valence-electron chi connectivity index (χ4n) is 3.77. The largest absolute Gasteiger partial charge is 0.459 e. The molecule has 0 radical (unpaired) electrons. The first kappa shape index (κ1) is 21.2. The highest BCUT2D eigenvalue weighted by atomic mass is 32.1. The quantitative estimate of drug-likeness (QED) is 0.431. The smallest absolute Gasteiger partial charge is 0.348 e. The molecule has 1 amide bonds. The Labute approximate surface area is 183 Å². The molecule has 162 valence electrons. The van der Waals surface area contributed by atoms with Crippen molar-refractivity contribution in [1.82, 2.24) is 9.55 Å². The second kappa shape index (κ2) is 8.99. The van der Waals surface area contributed by atoms with Gasteiger partial charge in [0.15, 0.2) is 0 Å². The summed E-state index contributed by atoms with van der Waals surface area (Å²) in [7, 11) is 1.52. The van der Waals surface area contributed by atoms with Gasteiger partial charge in [0.1, 0.15) is 22.9 Å². The molecule has 1 aromatic carbocycles. The summed E-state index contributed by atoms with van der Waals surface area (Å²) in [6.45, 7) is 2.63. The lowest BCUT2D eigenvalue weighted by atomic mass is 10.0.